The van der Waals surface area contributed by atoms with Crippen LogP contribution >= 0.6 is 0 Å². The highest BCUT2D eigenvalue weighted by atomic mass is 16.1. The Kier molecular flexibility index (Phi) is 5.13. The van der Waals surface area contributed by atoms with Gasteiger partial charge in [-0.15, -0.1) is 0 Å². The lowest BCUT2D eigenvalue weighted by molar-refractivity contribution is -0.119. The van der Waals surface area contributed by atoms with Crippen molar-refractivity contribution < 1.29 is 4.79 Å². The molecule has 1 heterocycles. The molecule has 1 aliphatic heterocycles. The number of nitrogens with zero attached hydrogens (tertiary/aromatic N) is 2. The zero-order chi connectivity index (χ0) is 11.1. The van der Waals surface area contributed by atoms with E-state index in [1.165, 1.54) is 0 Å². The van der Waals surface area contributed by atoms with Crippen molar-refractivity contribution in [2.75, 3.05) is 19.6 Å². The topological polar surface area (TPSA) is 56.1 Å². The van der Waals surface area contributed by atoms with Gasteiger partial charge in [0.1, 0.15) is 0 Å². The van der Waals surface area contributed by atoms with Crippen molar-refractivity contribution in [3.8, 4) is 6.07 Å². The number of hydrogen-bond acceptors (Lipinski definition) is 3. The zero-order valence-corrected chi connectivity index (χ0v) is 9.33. The van der Waals surface area contributed by atoms with Gasteiger partial charge in [-0.2, -0.15) is 5.26 Å². The number of carbonyl (C=O) groups excluding carboxylic acids is 1. The molecule has 4 heteroatoms. The minimum absolute atomic E-state index is 0.0675. The van der Waals surface area contributed by atoms with Crippen molar-refractivity contribution in [1.82, 2.24) is 10.2 Å². The second kappa shape index (κ2) is 6.41. The molecule has 0 spiro atoms. The Bertz CT molecular complexity index is 239. The van der Waals surface area contributed by atoms with Crippen LogP contribution < -0.4 is 5.32 Å². The monoisotopic (exact) mass is 209 g/mol. The molecule has 0 aromatic carbocycles. The molecule has 0 aromatic rings. The van der Waals surface area contributed by atoms with E-state index in [0.29, 0.717) is 12.5 Å². The second-order valence-electron chi connectivity index (χ2n) is 4.08. The molecule has 1 aliphatic rings. The Labute approximate surface area is 91.2 Å². The molecule has 1 rings (SSSR count). The second-order valence-corrected chi connectivity index (χ2v) is 4.08. The number of rotatable bonds is 4. The van der Waals surface area contributed by atoms with E-state index < -0.39 is 0 Å². The van der Waals surface area contributed by atoms with Crippen LogP contribution in [0.15, 0.2) is 0 Å². The summed E-state index contributed by atoms with van der Waals surface area (Å²) in [5, 5.41) is 11.4. The van der Waals surface area contributed by atoms with Crippen molar-refractivity contribution in [3.63, 3.8) is 0 Å². The summed E-state index contributed by atoms with van der Waals surface area (Å²) in [6.07, 6.45) is 3.67. The highest BCUT2D eigenvalue weighted by molar-refractivity contribution is 5.73. The summed E-state index contributed by atoms with van der Waals surface area (Å²) < 4.78 is 0. The molecule has 1 fully saturated rings. The maximum Gasteiger partial charge on any atom is 0.217 e. The number of amides is 1. The molecular formula is C11H19N3O. The largest absolute Gasteiger partial charge is 0.354 e. The summed E-state index contributed by atoms with van der Waals surface area (Å²) in [5.74, 6) is 0.0675. The SMILES string of the molecule is CC(=O)NC1CCN(CCCC#N)CC1. The lowest BCUT2D eigenvalue weighted by atomic mass is 10.0. The summed E-state index contributed by atoms with van der Waals surface area (Å²) in [6, 6.07) is 2.51. The van der Waals surface area contributed by atoms with Gasteiger partial charge >= 0.3 is 0 Å². The molecular weight excluding hydrogens is 190 g/mol. The summed E-state index contributed by atoms with van der Waals surface area (Å²) in [4.78, 5) is 13.2. The fourth-order valence-corrected chi connectivity index (χ4v) is 1.97. The van der Waals surface area contributed by atoms with Crippen molar-refractivity contribution in [1.29, 1.82) is 5.26 Å². The lowest BCUT2D eigenvalue weighted by Gasteiger charge is -2.31. The molecule has 15 heavy (non-hydrogen) atoms. The number of likely N-dealkylation sites (tertiary alicyclic amines) is 1. The molecule has 1 amide bonds. The van der Waals surface area contributed by atoms with Crippen LogP contribution in [0.25, 0.3) is 0 Å². The third-order valence-corrected chi connectivity index (χ3v) is 2.76. The molecule has 0 radical (unpaired) electrons. The third kappa shape index (κ3) is 4.80. The maximum absolute atomic E-state index is 10.8. The zero-order valence-electron chi connectivity index (χ0n) is 9.33. The van der Waals surface area contributed by atoms with Gasteiger partial charge < -0.3 is 10.2 Å². The van der Waals surface area contributed by atoms with Gasteiger partial charge in [-0.3, -0.25) is 4.79 Å². The van der Waals surface area contributed by atoms with E-state index in [0.717, 1.165) is 38.9 Å². The number of piperidine rings is 1. The Hall–Kier alpha value is -1.08. The summed E-state index contributed by atoms with van der Waals surface area (Å²) in [7, 11) is 0. The Balaban J connectivity index is 2.13. The number of hydrogen-bond donors (Lipinski definition) is 1. The van der Waals surface area contributed by atoms with Gasteiger partial charge in [-0.1, -0.05) is 0 Å². The van der Waals surface area contributed by atoms with Crippen LogP contribution in [0.4, 0.5) is 0 Å². The molecule has 4 nitrogen and oxygen atoms in total. The first-order chi connectivity index (χ1) is 7.22. The van der Waals surface area contributed by atoms with E-state index >= 15 is 0 Å². The number of nitrogens with one attached hydrogen (secondary N) is 1. The standard InChI is InChI=1S/C11H19N3O/c1-10(15)13-11-4-8-14(9-5-11)7-3-2-6-12/h11H,2-5,7-9H2,1H3,(H,13,15). The lowest BCUT2D eigenvalue weighted by Crippen LogP contribution is -2.44. The van der Waals surface area contributed by atoms with E-state index in [1.807, 2.05) is 0 Å². The van der Waals surface area contributed by atoms with Gasteiger partial charge in [-0.25, -0.2) is 0 Å². The number of carbonyl (C=O) groups is 1. The van der Waals surface area contributed by atoms with E-state index in [4.69, 9.17) is 5.26 Å². The molecule has 0 aromatic heterocycles. The molecule has 1 saturated heterocycles. The van der Waals surface area contributed by atoms with Crippen molar-refractivity contribution in [3.05, 3.63) is 0 Å². The highest BCUT2D eigenvalue weighted by Gasteiger charge is 2.18. The van der Waals surface area contributed by atoms with Crippen molar-refractivity contribution in [2.24, 2.45) is 0 Å². The van der Waals surface area contributed by atoms with Crippen LogP contribution in [-0.2, 0) is 4.79 Å². The maximum atomic E-state index is 10.8. The fourth-order valence-electron chi connectivity index (χ4n) is 1.97. The Morgan fingerprint density at radius 2 is 2.20 bits per heavy atom. The van der Waals surface area contributed by atoms with Gasteiger partial charge in [0.2, 0.25) is 5.91 Å². The van der Waals surface area contributed by atoms with Crippen LogP contribution in [0, 0.1) is 11.3 Å². The van der Waals surface area contributed by atoms with Crippen LogP contribution in [0.1, 0.15) is 32.6 Å². The first kappa shape index (κ1) is 12.0. The quantitative estimate of drug-likeness (QED) is 0.700. The van der Waals surface area contributed by atoms with E-state index in [9.17, 15) is 4.79 Å². The van der Waals surface area contributed by atoms with Gasteiger partial charge in [0, 0.05) is 32.5 Å². The molecule has 0 atom stereocenters. The van der Waals surface area contributed by atoms with Gasteiger partial charge in [0.25, 0.3) is 0 Å². The van der Waals surface area contributed by atoms with E-state index in [2.05, 4.69) is 16.3 Å². The predicted octanol–water partition coefficient (Wildman–Crippen LogP) is 0.891. The van der Waals surface area contributed by atoms with Crippen LogP contribution in [0.3, 0.4) is 0 Å². The van der Waals surface area contributed by atoms with Crippen LogP contribution in [0.2, 0.25) is 0 Å². The fraction of sp³-hybridized carbons (Fsp3) is 0.818. The Morgan fingerprint density at radius 3 is 2.73 bits per heavy atom. The molecule has 0 unspecified atom stereocenters. The van der Waals surface area contributed by atoms with Crippen LogP contribution in [-0.4, -0.2) is 36.5 Å². The van der Waals surface area contributed by atoms with Gasteiger partial charge in [0.15, 0.2) is 0 Å². The normalized spacial score (nSPS) is 18.4. The number of nitriles is 1. The summed E-state index contributed by atoms with van der Waals surface area (Å²) in [5.41, 5.74) is 0. The van der Waals surface area contributed by atoms with Crippen LogP contribution in [0.5, 0.6) is 0 Å². The smallest absolute Gasteiger partial charge is 0.217 e. The highest BCUT2D eigenvalue weighted by Crippen LogP contribution is 2.10. The third-order valence-electron chi connectivity index (χ3n) is 2.76. The average Bonchev–Trinajstić information content (AvgIpc) is 2.20. The minimum Gasteiger partial charge on any atom is -0.354 e. The summed E-state index contributed by atoms with van der Waals surface area (Å²) in [6.45, 7) is 4.66. The van der Waals surface area contributed by atoms with E-state index in [-0.39, 0.29) is 5.91 Å². The van der Waals surface area contributed by atoms with Crippen molar-refractivity contribution in [2.45, 2.75) is 38.6 Å². The van der Waals surface area contributed by atoms with Gasteiger partial charge in [-0.05, 0) is 25.8 Å². The molecule has 84 valence electrons. The first-order valence-corrected chi connectivity index (χ1v) is 5.59. The molecule has 0 bridgehead atoms. The van der Waals surface area contributed by atoms with Gasteiger partial charge in [0.05, 0.1) is 6.07 Å². The molecule has 0 saturated carbocycles. The Morgan fingerprint density at radius 1 is 1.53 bits per heavy atom. The van der Waals surface area contributed by atoms with E-state index in [1.54, 1.807) is 6.92 Å². The predicted molar refractivity (Wildman–Crippen MR) is 58.1 cm³/mol. The molecule has 0 aliphatic carbocycles. The molecule has 1 N–H and O–H groups in total. The average molecular weight is 209 g/mol. The van der Waals surface area contributed by atoms with Crippen molar-refractivity contribution >= 4 is 5.91 Å². The minimum atomic E-state index is 0.0675. The first-order valence-electron chi connectivity index (χ1n) is 5.59. The summed E-state index contributed by atoms with van der Waals surface area (Å²) >= 11 is 0. The number of unbranched alkanes of at least 4 members (excludes halogenated alkanes) is 1.